The standard InChI is InChI=1S/C37H56ClN3O10S/c1-23(2)22-36(5,49-9)30(51-34(45)25(4)40(6)31(43)14-17-52-10)21-32(44)41(7)27-19-26(20-28(48-8)33(27)38)18-24(3)12-11-13-29(42)37(47)15-16-50-35(46)39-37/h11-13,19-20,23,25,29-30,42,47H,14-18,21-22H2,1-10H3,(H,39,46)/b13-11+,24-12+/t25-,29+,30-,36+,37-/m0/s1. The first-order chi connectivity index (χ1) is 24.3. The molecule has 52 heavy (non-hydrogen) atoms. The van der Waals surface area contributed by atoms with Crippen LogP contribution in [0.5, 0.6) is 5.75 Å². The second-order valence-electron chi connectivity index (χ2n) is 13.7. The lowest BCUT2D eigenvalue weighted by atomic mass is 9.86. The van der Waals surface area contributed by atoms with Gasteiger partial charge in [-0.05, 0) is 63.5 Å². The molecule has 0 aliphatic carbocycles. The van der Waals surface area contributed by atoms with Gasteiger partial charge >= 0.3 is 12.1 Å². The van der Waals surface area contributed by atoms with Gasteiger partial charge in [-0.1, -0.05) is 49.2 Å². The number of rotatable bonds is 19. The minimum Gasteiger partial charge on any atom is -0.495 e. The van der Waals surface area contributed by atoms with Crippen molar-refractivity contribution in [2.75, 3.05) is 51.8 Å². The minimum absolute atomic E-state index is 0.0210. The number of amides is 3. The van der Waals surface area contributed by atoms with E-state index in [2.05, 4.69) is 5.32 Å². The van der Waals surface area contributed by atoms with Gasteiger partial charge in [-0.15, -0.1) is 0 Å². The third-order valence-corrected chi connectivity index (χ3v) is 10.1. The van der Waals surface area contributed by atoms with Gasteiger partial charge in [0, 0.05) is 39.8 Å². The van der Waals surface area contributed by atoms with Gasteiger partial charge in [0.25, 0.3) is 0 Å². The number of thioether (sulfide) groups is 1. The maximum absolute atomic E-state index is 14.0. The average Bonchev–Trinajstić information content (AvgIpc) is 3.09. The molecule has 1 fully saturated rings. The number of anilines is 1. The highest BCUT2D eigenvalue weighted by molar-refractivity contribution is 7.98. The molecule has 0 spiro atoms. The number of cyclic esters (lactones) is 1. The molecule has 0 radical (unpaired) electrons. The van der Waals surface area contributed by atoms with Crippen molar-refractivity contribution in [3.63, 3.8) is 0 Å². The lowest BCUT2D eigenvalue weighted by Gasteiger charge is -2.38. The highest BCUT2D eigenvalue weighted by atomic mass is 35.5. The Morgan fingerprint density at radius 2 is 1.87 bits per heavy atom. The molecule has 1 aliphatic heterocycles. The van der Waals surface area contributed by atoms with E-state index in [1.807, 2.05) is 27.0 Å². The largest absolute Gasteiger partial charge is 0.495 e. The van der Waals surface area contributed by atoms with E-state index in [1.165, 1.54) is 41.9 Å². The van der Waals surface area contributed by atoms with Crippen LogP contribution in [0.3, 0.4) is 0 Å². The van der Waals surface area contributed by atoms with Crippen molar-refractivity contribution in [3.05, 3.63) is 46.5 Å². The predicted octanol–water partition coefficient (Wildman–Crippen LogP) is 4.89. The van der Waals surface area contributed by atoms with Gasteiger partial charge in [0.1, 0.15) is 34.6 Å². The molecule has 15 heteroatoms. The Morgan fingerprint density at radius 1 is 1.19 bits per heavy atom. The van der Waals surface area contributed by atoms with Crippen LogP contribution in [0.4, 0.5) is 10.5 Å². The van der Waals surface area contributed by atoms with Crippen LogP contribution in [-0.2, 0) is 35.0 Å². The highest BCUT2D eigenvalue weighted by Crippen LogP contribution is 2.37. The number of benzene rings is 1. The molecule has 3 N–H and O–H groups in total. The summed E-state index contributed by atoms with van der Waals surface area (Å²) in [7, 11) is 6.12. The van der Waals surface area contributed by atoms with Gasteiger partial charge in [-0.2, -0.15) is 11.8 Å². The maximum atomic E-state index is 14.0. The molecule has 1 saturated heterocycles. The second-order valence-corrected chi connectivity index (χ2v) is 15.1. The molecule has 13 nitrogen and oxygen atoms in total. The van der Waals surface area contributed by atoms with Crippen LogP contribution in [-0.4, -0.2) is 115 Å². The van der Waals surface area contributed by atoms with Crippen molar-refractivity contribution in [1.29, 1.82) is 0 Å². The van der Waals surface area contributed by atoms with Gasteiger partial charge in [0.2, 0.25) is 11.8 Å². The molecule has 0 unspecified atom stereocenters. The van der Waals surface area contributed by atoms with E-state index in [0.717, 1.165) is 11.1 Å². The van der Waals surface area contributed by atoms with E-state index in [-0.39, 0.29) is 42.7 Å². The summed E-state index contributed by atoms with van der Waals surface area (Å²) in [5.41, 5.74) is -0.866. The number of alkyl carbamates (subject to hydrolysis) is 1. The zero-order valence-corrected chi connectivity index (χ0v) is 33.6. The Bertz CT molecular complexity index is 1470. The van der Waals surface area contributed by atoms with Crippen LogP contribution in [0, 0.1) is 5.92 Å². The summed E-state index contributed by atoms with van der Waals surface area (Å²) in [5.74, 6) is -0.120. The molecule has 1 aliphatic rings. The number of ether oxygens (including phenoxy) is 4. The molecular formula is C37H56ClN3O10S. The lowest BCUT2D eigenvalue weighted by molar-refractivity contribution is -0.177. The molecule has 0 saturated carbocycles. The minimum atomic E-state index is -1.84. The summed E-state index contributed by atoms with van der Waals surface area (Å²) >= 11 is 8.28. The number of esters is 1. The van der Waals surface area contributed by atoms with Crippen molar-refractivity contribution >= 4 is 52.9 Å². The summed E-state index contributed by atoms with van der Waals surface area (Å²) < 4.78 is 22.2. The van der Waals surface area contributed by atoms with Gasteiger partial charge in [0.15, 0.2) is 5.72 Å². The number of likely N-dealkylation sites (N-methyl/N-ethyl adjacent to an activating group) is 1. The Morgan fingerprint density at radius 3 is 2.44 bits per heavy atom. The smallest absolute Gasteiger partial charge is 0.409 e. The molecule has 1 heterocycles. The van der Waals surface area contributed by atoms with Crippen LogP contribution in [0.1, 0.15) is 65.9 Å². The van der Waals surface area contributed by atoms with E-state index in [0.29, 0.717) is 30.0 Å². The van der Waals surface area contributed by atoms with E-state index >= 15 is 0 Å². The number of aliphatic hydroxyl groups is 2. The van der Waals surface area contributed by atoms with Gasteiger partial charge in [0.05, 0.1) is 25.8 Å². The van der Waals surface area contributed by atoms with E-state index in [4.69, 9.17) is 30.5 Å². The number of nitrogens with one attached hydrogen (secondary N) is 1. The van der Waals surface area contributed by atoms with Crippen molar-refractivity contribution in [2.24, 2.45) is 5.92 Å². The van der Waals surface area contributed by atoms with Crippen molar-refractivity contribution < 1.29 is 48.3 Å². The Kier molecular flexibility index (Phi) is 17.5. The average molecular weight is 770 g/mol. The van der Waals surface area contributed by atoms with Crippen LogP contribution in [0.2, 0.25) is 5.02 Å². The molecule has 0 aromatic heterocycles. The fraction of sp³-hybridized carbons (Fsp3) is 0.622. The molecule has 5 atom stereocenters. The first kappa shape index (κ1) is 44.9. The number of aliphatic hydroxyl groups excluding tert-OH is 1. The molecule has 292 valence electrons. The Labute approximate surface area is 317 Å². The molecule has 2 rings (SSSR count). The number of carbonyl (C=O) groups excluding carboxylic acids is 4. The third-order valence-electron chi connectivity index (χ3n) is 9.13. The number of methoxy groups -OCH3 is 2. The Balaban J connectivity index is 2.34. The van der Waals surface area contributed by atoms with Crippen LogP contribution in [0.25, 0.3) is 0 Å². The normalized spacial score (nSPS) is 19.3. The van der Waals surface area contributed by atoms with E-state index < -0.39 is 47.5 Å². The summed E-state index contributed by atoms with van der Waals surface area (Å²) in [6.07, 6.45) is 4.39. The Hall–Kier alpha value is -3.30. The topological polar surface area (TPSA) is 164 Å². The monoisotopic (exact) mass is 769 g/mol. The van der Waals surface area contributed by atoms with E-state index in [9.17, 15) is 29.4 Å². The lowest BCUT2D eigenvalue weighted by Crippen LogP contribution is -2.59. The summed E-state index contributed by atoms with van der Waals surface area (Å²) in [6, 6.07) is 2.64. The van der Waals surface area contributed by atoms with Crippen LogP contribution >= 0.6 is 23.4 Å². The number of carbonyl (C=O) groups is 4. The van der Waals surface area contributed by atoms with Crippen LogP contribution in [0.15, 0.2) is 35.9 Å². The first-order valence-electron chi connectivity index (χ1n) is 17.1. The summed E-state index contributed by atoms with van der Waals surface area (Å²) in [4.78, 5) is 54.4. The second kappa shape index (κ2) is 20.2. The molecular weight excluding hydrogens is 714 g/mol. The zero-order valence-electron chi connectivity index (χ0n) is 32.0. The van der Waals surface area contributed by atoms with Gasteiger partial charge < -0.3 is 39.0 Å². The summed E-state index contributed by atoms with van der Waals surface area (Å²) in [5, 5.41) is 23.5. The molecule has 0 bridgehead atoms. The van der Waals surface area contributed by atoms with Crippen molar-refractivity contribution in [2.45, 2.75) is 96.3 Å². The molecule has 1 aromatic carbocycles. The number of hydrogen-bond donors (Lipinski definition) is 3. The van der Waals surface area contributed by atoms with Crippen LogP contribution < -0.4 is 15.0 Å². The first-order valence-corrected chi connectivity index (χ1v) is 18.9. The zero-order chi connectivity index (χ0) is 39.4. The predicted molar refractivity (Wildman–Crippen MR) is 203 cm³/mol. The molecule has 3 amide bonds. The highest BCUT2D eigenvalue weighted by Gasteiger charge is 2.42. The number of nitrogens with zero attached hydrogens (tertiary/aromatic N) is 2. The summed E-state index contributed by atoms with van der Waals surface area (Å²) in [6.45, 7) is 9.25. The van der Waals surface area contributed by atoms with Crippen molar-refractivity contribution in [1.82, 2.24) is 10.2 Å². The van der Waals surface area contributed by atoms with Crippen molar-refractivity contribution in [3.8, 4) is 5.75 Å². The van der Waals surface area contributed by atoms with Gasteiger partial charge in [-0.25, -0.2) is 9.59 Å². The number of allylic oxidation sites excluding steroid dienone is 3. The SMILES string of the molecule is COc1cc(C/C(C)=C/C=C/[C@@H](O)[C@@]2(O)CCOC(=O)N2)cc(N(C)C(=O)C[C@H](OC(=O)[C@H](C)N(C)C(=O)CCSC)[C@@](C)(CC(C)C)OC)c1Cl. The third kappa shape index (κ3) is 12.4. The fourth-order valence-electron chi connectivity index (χ4n) is 5.74. The fourth-order valence-corrected chi connectivity index (χ4v) is 6.43. The number of hydrogen-bond acceptors (Lipinski definition) is 11. The molecule has 1 aromatic rings. The maximum Gasteiger partial charge on any atom is 0.409 e. The van der Waals surface area contributed by atoms with Gasteiger partial charge in [-0.3, -0.25) is 14.9 Å². The quantitative estimate of drug-likeness (QED) is 0.130. The van der Waals surface area contributed by atoms with E-state index in [1.54, 1.807) is 52.2 Å². The number of halogens is 1.